The number of carbonyl (C=O) groups is 1. The van der Waals surface area contributed by atoms with Crippen LogP contribution in [-0.4, -0.2) is 23.5 Å². The molecule has 0 radical (unpaired) electrons. The molecule has 0 saturated carbocycles. The first-order chi connectivity index (χ1) is 9.04. The van der Waals surface area contributed by atoms with Crippen LogP contribution in [0.4, 0.5) is 0 Å². The molecule has 0 atom stereocenters. The molecule has 104 valence electrons. The van der Waals surface area contributed by atoms with Crippen molar-refractivity contribution >= 4 is 43.6 Å². The van der Waals surface area contributed by atoms with Gasteiger partial charge in [0.25, 0.3) is 5.91 Å². The van der Waals surface area contributed by atoms with Crippen molar-refractivity contribution in [1.82, 2.24) is 5.32 Å². The number of nitrogens with one attached hydrogen (secondary N) is 1. The number of amidine groups is 1. The van der Waals surface area contributed by atoms with Crippen LogP contribution >= 0.6 is 31.9 Å². The van der Waals surface area contributed by atoms with Crippen molar-refractivity contribution in [1.29, 1.82) is 0 Å². The molecule has 0 saturated heterocycles. The minimum atomic E-state index is -0.128. The average molecular weight is 393 g/mol. The Morgan fingerprint density at radius 3 is 2.79 bits per heavy atom. The fraction of sp³-hybridized carbons (Fsp3) is 0.333. The molecule has 0 fully saturated rings. The van der Waals surface area contributed by atoms with E-state index in [4.69, 9.17) is 10.9 Å². The van der Waals surface area contributed by atoms with Gasteiger partial charge in [0.1, 0.15) is 5.84 Å². The van der Waals surface area contributed by atoms with E-state index in [2.05, 4.69) is 42.3 Å². The molecule has 0 heterocycles. The lowest BCUT2D eigenvalue weighted by atomic mass is 10.2. The van der Waals surface area contributed by atoms with E-state index in [1.54, 1.807) is 6.07 Å². The van der Waals surface area contributed by atoms with Crippen molar-refractivity contribution in [2.75, 3.05) is 6.54 Å². The fourth-order valence-corrected chi connectivity index (χ4v) is 2.24. The van der Waals surface area contributed by atoms with Crippen LogP contribution in [0, 0.1) is 0 Å². The van der Waals surface area contributed by atoms with Gasteiger partial charge in [-0.3, -0.25) is 4.79 Å². The van der Waals surface area contributed by atoms with Gasteiger partial charge in [-0.25, -0.2) is 0 Å². The van der Waals surface area contributed by atoms with Crippen LogP contribution in [0.3, 0.4) is 0 Å². The van der Waals surface area contributed by atoms with Crippen molar-refractivity contribution in [2.24, 2.45) is 10.9 Å². The standard InChI is InChI=1S/C12H15Br2N3O2/c13-8-4-5-10(14)9(7-8)12(18)16-6-2-1-3-11(15)17-19/h4-5,7,19H,1-3,6H2,(H2,15,17)(H,16,18). The highest BCUT2D eigenvalue weighted by Crippen LogP contribution is 2.21. The lowest BCUT2D eigenvalue weighted by Crippen LogP contribution is -2.25. The number of hydrogen-bond acceptors (Lipinski definition) is 3. The number of carbonyl (C=O) groups excluding carboxylic acids is 1. The summed E-state index contributed by atoms with van der Waals surface area (Å²) in [5.74, 6) is 0.0815. The Hall–Kier alpha value is -1.08. The van der Waals surface area contributed by atoms with Gasteiger partial charge in [0, 0.05) is 21.9 Å². The summed E-state index contributed by atoms with van der Waals surface area (Å²) in [6.45, 7) is 0.552. The van der Waals surface area contributed by atoms with Gasteiger partial charge >= 0.3 is 0 Å². The van der Waals surface area contributed by atoms with Gasteiger partial charge in [-0.1, -0.05) is 21.1 Å². The quantitative estimate of drug-likeness (QED) is 0.228. The molecule has 4 N–H and O–H groups in total. The third-order valence-electron chi connectivity index (χ3n) is 2.45. The molecule has 1 aromatic rings. The second-order valence-corrected chi connectivity index (χ2v) is 5.70. The molecule has 0 aliphatic heterocycles. The maximum atomic E-state index is 11.9. The summed E-state index contributed by atoms with van der Waals surface area (Å²) in [5.41, 5.74) is 5.93. The van der Waals surface area contributed by atoms with Crippen molar-refractivity contribution in [3.8, 4) is 0 Å². The van der Waals surface area contributed by atoms with Gasteiger partial charge in [0.2, 0.25) is 0 Å². The first-order valence-electron chi connectivity index (χ1n) is 5.74. The minimum Gasteiger partial charge on any atom is -0.409 e. The Balaban J connectivity index is 2.37. The Bertz CT molecular complexity index is 478. The van der Waals surface area contributed by atoms with E-state index in [0.29, 0.717) is 18.5 Å². The Morgan fingerprint density at radius 2 is 2.11 bits per heavy atom. The number of nitrogens with two attached hydrogens (primary N) is 1. The predicted molar refractivity (Wildman–Crippen MR) is 81.4 cm³/mol. The first-order valence-corrected chi connectivity index (χ1v) is 7.33. The first kappa shape index (κ1) is 16.0. The van der Waals surface area contributed by atoms with Crippen LogP contribution in [0.5, 0.6) is 0 Å². The number of oxime groups is 1. The topological polar surface area (TPSA) is 87.7 Å². The van der Waals surface area contributed by atoms with E-state index in [0.717, 1.165) is 21.8 Å². The lowest BCUT2D eigenvalue weighted by Gasteiger charge is -2.07. The number of halogens is 2. The number of nitrogens with zero attached hydrogens (tertiary/aromatic N) is 1. The van der Waals surface area contributed by atoms with Crippen LogP contribution in [0.25, 0.3) is 0 Å². The molecule has 0 aliphatic carbocycles. The summed E-state index contributed by atoms with van der Waals surface area (Å²) in [6.07, 6.45) is 2.05. The molecule has 0 aliphatic rings. The van der Waals surface area contributed by atoms with Gasteiger partial charge in [-0.2, -0.15) is 0 Å². The highest BCUT2D eigenvalue weighted by molar-refractivity contribution is 9.11. The molecular formula is C12H15Br2N3O2. The number of benzene rings is 1. The molecule has 1 rings (SSSR count). The number of unbranched alkanes of at least 4 members (excludes halogenated alkanes) is 1. The highest BCUT2D eigenvalue weighted by Gasteiger charge is 2.09. The number of hydrogen-bond donors (Lipinski definition) is 3. The molecule has 5 nitrogen and oxygen atoms in total. The van der Waals surface area contributed by atoms with E-state index in [1.807, 2.05) is 12.1 Å². The predicted octanol–water partition coefficient (Wildman–Crippen LogP) is 2.86. The third-order valence-corrected chi connectivity index (χ3v) is 3.63. The summed E-state index contributed by atoms with van der Waals surface area (Å²) >= 11 is 6.67. The Morgan fingerprint density at radius 1 is 1.37 bits per heavy atom. The second kappa shape index (κ2) is 8.16. The van der Waals surface area contributed by atoms with Crippen LogP contribution in [0.15, 0.2) is 32.3 Å². The molecular weight excluding hydrogens is 378 g/mol. The lowest BCUT2D eigenvalue weighted by molar-refractivity contribution is 0.0952. The molecule has 19 heavy (non-hydrogen) atoms. The third kappa shape index (κ3) is 5.61. The van der Waals surface area contributed by atoms with E-state index in [9.17, 15) is 4.79 Å². The zero-order valence-electron chi connectivity index (χ0n) is 10.2. The van der Waals surface area contributed by atoms with Crippen LogP contribution in [0.1, 0.15) is 29.6 Å². The molecule has 0 unspecified atom stereocenters. The van der Waals surface area contributed by atoms with Crippen molar-refractivity contribution in [3.05, 3.63) is 32.7 Å². The molecule has 0 bridgehead atoms. The van der Waals surface area contributed by atoms with E-state index >= 15 is 0 Å². The average Bonchev–Trinajstić information content (AvgIpc) is 2.40. The highest BCUT2D eigenvalue weighted by atomic mass is 79.9. The summed E-state index contributed by atoms with van der Waals surface area (Å²) in [6, 6.07) is 5.44. The van der Waals surface area contributed by atoms with E-state index in [-0.39, 0.29) is 11.7 Å². The summed E-state index contributed by atoms with van der Waals surface area (Å²) in [4.78, 5) is 11.9. The molecule has 0 aromatic heterocycles. The monoisotopic (exact) mass is 391 g/mol. The molecule has 1 amide bonds. The maximum Gasteiger partial charge on any atom is 0.252 e. The van der Waals surface area contributed by atoms with Crippen molar-refractivity contribution in [3.63, 3.8) is 0 Å². The number of rotatable bonds is 6. The van der Waals surface area contributed by atoms with Gasteiger partial charge in [-0.05, 0) is 47.0 Å². The SMILES string of the molecule is N/C(CCCCNC(=O)c1cc(Br)ccc1Br)=N/O. The molecule has 7 heteroatoms. The Labute approximate surface area is 128 Å². The van der Waals surface area contributed by atoms with Crippen LogP contribution in [0.2, 0.25) is 0 Å². The van der Waals surface area contributed by atoms with Gasteiger partial charge in [-0.15, -0.1) is 0 Å². The zero-order chi connectivity index (χ0) is 14.3. The summed E-state index contributed by atoms with van der Waals surface area (Å²) < 4.78 is 1.61. The zero-order valence-corrected chi connectivity index (χ0v) is 13.4. The van der Waals surface area contributed by atoms with Gasteiger partial charge in [0.05, 0.1) is 5.56 Å². The molecule has 1 aromatic carbocycles. The molecule has 0 spiro atoms. The normalized spacial score (nSPS) is 11.4. The van der Waals surface area contributed by atoms with Crippen LogP contribution < -0.4 is 11.1 Å². The van der Waals surface area contributed by atoms with E-state index in [1.165, 1.54) is 0 Å². The van der Waals surface area contributed by atoms with Gasteiger partial charge < -0.3 is 16.3 Å². The summed E-state index contributed by atoms with van der Waals surface area (Å²) in [7, 11) is 0. The fourth-order valence-electron chi connectivity index (χ4n) is 1.45. The second-order valence-electron chi connectivity index (χ2n) is 3.93. The minimum absolute atomic E-state index is 0.128. The Kier molecular flexibility index (Phi) is 6.86. The van der Waals surface area contributed by atoms with E-state index < -0.39 is 0 Å². The van der Waals surface area contributed by atoms with Crippen molar-refractivity contribution < 1.29 is 10.0 Å². The van der Waals surface area contributed by atoms with Crippen LogP contribution in [-0.2, 0) is 0 Å². The van der Waals surface area contributed by atoms with Crippen molar-refractivity contribution in [2.45, 2.75) is 19.3 Å². The largest absolute Gasteiger partial charge is 0.409 e. The van der Waals surface area contributed by atoms with Gasteiger partial charge in [0.15, 0.2) is 0 Å². The number of amides is 1. The summed E-state index contributed by atoms with van der Waals surface area (Å²) in [5, 5.41) is 14.1. The maximum absolute atomic E-state index is 11.9. The smallest absolute Gasteiger partial charge is 0.252 e.